The quantitative estimate of drug-likeness (QED) is 0.643. The molecule has 5 nitrogen and oxygen atoms in total. The van der Waals surface area contributed by atoms with Crippen LogP contribution in [0.3, 0.4) is 0 Å². The first kappa shape index (κ1) is 14.4. The number of carbonyl (C=O) groups excluding carboxylic acids is 2. The molecule has 0 aromatic heterocycles. The molecule has 1 heterocycles. The van der Waals surface area contributed by atoms with Gasteiger partial charge in [-0.15, -0.1) is 0 Å². The van der Waals surface area contributed by atoms with E-state index in [0.29, 0.717) is 12.1 Å². The van der Waals surface area contributed by atoms with Gasteiger partial charge in [0, 0.05) is 19.2 Å². The molecule has 3 N–H and O–H groups in total. The van der Waals surface area contributed by atoms with E-state index in [2.05, 4.69) is 5.32 Å². The predicted molar refractivity (Wildman–Crippen MR) is 76.7 cm³/mol. The van der Waals surface area contributed by atoms with E-state index in [1.54, 1.807) is 6.07 Å². The highest BCUT2D eigenvalue weighted by Crippen LogP contribution is 2.22. The maximum Gasteiger partial charge on any atom is 0.251 e. The molecule has 0 bridgehead atoms. The first-order valence-corrected chi connectivity index (χ1v) is 6.48. The molecule has 0 aliphatic carbocycles. The zero-order valence-corrected chi connectivity index (χ0v) is 11.7. The van der Waals surface area contributed by atoms with Crippen LogP contribution in [0.1, 0.15) is 18.4 Å². The number of amides is 2. The van der Waals surface area contributed by atoms with Gasteiger partial charge < -0.3 is 11.1 Å². The minimum absolute atomic E-state index is 0.0786. The summed E-state index contributed by atoms with van der Waals surface area (Å²) < 4.78 is 13.7. The van der Waals surface area contributed by atoms with Crippen molar-refractivity contribution in [1.29, 1.82) is 0 Å². The Bertz CT molecular complexity index is 591. The van der Waals surface area contributed by atoms with Crippen LogP contribution in [0.4, 0.5) is 10.1 Å². The number of hydrogen-bond donors (Lipinski definition) is 2. The van der Waals surface area contributed by atoms with Gasteiger partial charge in [0.2, 0.25) is 5.91 Å². The van der Waals surface area contributed by atoms with Crippen LogP contribution in [0.25, 0.3) is 0 Å². The van der Waals surface area contributed by atoms with Crippen molar-refractivity contribution in [2.45, 2.75) is 18.9 Å². The molecule has 1 aromatic carbocycles. The minimum atomic E-state index is -0.590. The number of halogens is 1. The Balaban J connectivity index is 2.27. The van der Waals surface area contributed by atoms with Crippen molar-refractivity contribution in [2.24, 2.45) is 5.73 Å². The fourth-order valence-electron chi connectivity index (χ4n) is 2.13. The summed E-state index contributed by atoms with van der Waals surface area (Å²) in [6.45, 7) is 0. The van der Waals surface area contributed by atoms with Crippen LogP contribution in [0.15, 0.2) is 18.2 Å². The smallest absolute Gasteiger partial charge is 0.251 e. The van der Waals surface area contributed by atoms with Gasteiger partial charge in [-0.2, -0.15) is 0 Å². The molecule has 1 aromatic rings. The lowest BCUT2D eigenvalue weighted by molar-refractivity contribution is -0.146. The number of imide groups is 1. The molecule has 1 atom stereocenters. The first-order valence-electron chi connectivity index (χ1n) is 6.07. The number of nitrogens with two attached hydrogens (primary N) is 1. The average molecular weight is 295 g/mol. The summed E-state index contributed by atoms with van der Waals surface area (Å²) in [5, 5.41) is 2.92. The van der Waals surface area contributed by atoms with E-state index in [0.717, 1.165) is 4.90 Å². The van der Waals surface area contributed by atoms with Gasteiger partial charge in [-0.3, -0.25) is 14.5 Å². The Morgan fingerprint density at radius 2 is 2.20 bits per heavy atom. The van der Waals surface area contributed by atoms with Gasteiger partial charge in [0.25, 0.3) is 5.91 Å². The molecule has 2 rings (SSSR count). The first-order chi connectivity index (χ1) is 9.41. The highest BCUT2D eigenvalue weighted by atomic mass is 32.1. The van der Waals surface area contributed by atoms with Gasteiger partial charge in [0.05, 0.1) is 5.56 Å². The van der Waals surface area contributed by atoms with Crippen LogP contribution in [-0.2, 0) is 9.59 Å². The molecule has 2 amide bonds. The monoisotopic (exact) mass is 295 g/mol. The van der Waals surface area contributed by atoms with Gasteiger partial charge >= 0.3 is 0 Å². The molecule has 106 valence electrons. The molecule has 0 spiro atoms. The summed E-state index contributed by atoms with van der Waals surface area (Å²) in [6, 6.07) is 3.76. The molecular formula is C13H14FN3O2S. The summed E-state index contributed by atoms with van der Waals surface area (Å²) in [6.07, 6.45) is 0.618. The second-order valence-electron chi connectivity index (χ2n) is 4.55. The lowest BCUT2D eigenvalue weighted by atomic mass is 10.0. The zero-order chi connectivity index (χ0) is 14.9. The molecule has 1 aliphatic heterocycles. The van der Waals surface area contributed by atoms with E-state index in [1.807, 2.05) is 0 Å². The number of carbonyl (C=O) groups is 2. The minimum Gasteiger partial charge on any atom is -0.389 e. The SMILES string of the molecule is CN1C(=O)CCC(Nc2cccc(F)c2C(N)=S)C1=O. The Morgan fingerprint density at radius 1 is 1.50 bits per heavy atom. The van der Waals surface area contributed by atoms with Crippen molar-refractivity contribution in [3.05, 3.63) is 29.6 Å². The second kappa shape index (κ2) is 5.54. The average Bonchev–Trinajstić information content (AvgIpc) is 2.39. The Labute approximate surface area is 120 Å². The van der Waals surface area contributed by atoms with E-state index in [-0.39, 0.29) is 28.8 Å². The highest BCUT2D eigenvalue weighted by molar-refractivity contribution is 7.80. The molecule has 1 fully saturated rings. The number of nitrogens with one attached hydrogen (secondary N) is 1. The van der Waals surface area contributed by atoms with Crippen molar-refractivity contribution in [3.8, 4) is 0 Å². The summed E-state index contributed by atoms with van der Waals surface area (Å²) in [5.74, 6) is -1.11. The van der Waals surface area contributed by atoms with Crippen LogP contribution in [0.5, 0.6) is 0 Å². The van der Waals surface area contributed by atoms with Gasteiger partial charge in [0.1, 0.15) is 16.8 Å². The second-order valence-corrected chi connectivity index (χ2v) is 4.99. The van der Waals surface area contributed by atoms with Crippen LogP contribution in [0, 0.1) is 5.82 Å². The maximum atomic E-state index is 13.7. The van der Waals surface area contributed by atoms with E-state index in [4.69, 9.17) is 18.0 Å². The molecule has 1 saturated heterocycles. The van der Waals surface area contributed by atoms with Crippen molar-refractivity contribution < 1.29 is 14.0 Å². The summed E-state index contributed by atoms with van der Waals surface area (Å²) >= 11 is 4.82. The highest BCUT2D eigenvalue weighted by Gasteiger charge is 2.32. The Morgan fingerprint density at radius 3 is 2.85 bits per heavy atom. The third kappa shape index (κ3) is 2.62. The van der Waals surface area contributed by atoms with E-state index < -0.39 is 11.9 Å². The van der Waals surface area contributed by atoms with Crippen LogP contribution >= 0.6 is 12.2 Å². The summed E-state index contributed by atoms with van der Waals surface area (Å²) in [5.41, 5.74) is 5.94. The number of likely N-dealkylation sites (N-methyl/N-ethyl adjacent to an activating group) is 1. The molecule has 1 unspecified atom stereocenters. The zero-order valence-electron chi connectivity index (χ0n) is 10.9. The number of hydrogen-bond acceptors (Lipinski definition) is 4. The van der Waals surface area contributed by atoms with E-state index >= 15 is 0 Å². The number of likely N-dealkylation sites (tertiary alicyclic amines) is 1. The normalized spacial score (nSPS) is 19.1. The molecule has 0 radical (unpaired) electrons. The maximum absolute atomic E-state index is 13.7. The van der Waals surface area contributed by atoms with Crippen molar-refractivity contribution >= 4 is 34.7 Å². The van der Waals surface area contributed by atoms with Crippen molar-refractivity contribution in [1.82, 2.24) is 4.90 Å². The van der Waals surface area contributed by atoms with Gasteiger partial charge in [0.15, 0.2) is 0 Å². The molecule has 7 heteroatoms. The lowest BCUT2D eigenvalue weighted by Crippen LogP contribution is -2.48. The third-order valence-corrected chi connectivity index (χ3v) is 3.44. The van der Waals surface area contributed by atoms with E-state index in [9.17, 15) is 14.0 Å². The molecule has 0 saturated carbocycles. The predicted octanol–water partition coefficient (Wildman–Crippen LogP) is 1.02. The van der Waals surface area contributed by atoms with Gasteiger partial charge in [-0.05, 0) is 18.6 Å². The standard InChI is InChI=1S/C13H14FN3O2S/c1-17-10(18)6-5-9(13(17)19)16-8-4-2-3-7(14)11(8)12(15)20/h2-4,9,16H,5-6H2,1H3,(H2,15,20). The van der Waals surface area contributed by atoms with Crippen LogP contribution < -0.4 is 11.1 Å². The fourth-order valence-corrected chi connectivity index (χ4v) is 2.34. The molecule has 20 heavy (non-hydrogen) atoms. The largest absolute Gasteiger partial charge is 0.389 e. The van der Waals surface area contributed by atoms with Crippen molar-refractivity contribution in [2.75, 3.05) is 12.4 Å². The number of benzene rings is 1. The van der Waals surface area contributed by atoms with Gasteiger partial charge in [-0.25, -0.2) is 4.39 Å². The third-order valence-electron chi connectivity index (χ3n) is 3.24. The number of nitrogens with zero attached hydrogens (tertiary/aromatic N) is 1. The number of anilines is 1. The number of rotatable bonds is 3. The van der Waals surface area contributed by atoms with Crippen LogP contribution in [-0.4, -0.2) is 34.8 Å². The summed E-state index contributed by atoms with van der Waals surface area (Å²) in [4.78, 5) is 24.4. The fraction of sp³-hybridized carbons (Fsp3) is 0.308. The Hall–Kier alpha value is -2.02. The topological polar surface area (TPSA) is 75.4 Å². The van der Waals surface area contributed by atoms with E-state index in [1.165, 1.54) is 19.2 Å². The number of piperidine rings is 1. The molecule has 1 aliphatic rings. The summed E-state index contributed by atoms with van der Waals surface area (Å²) in [7, 11) is 1.43. The van der Waals surface area contributed by atoms with Crippen LogP contribution in [0.2, 0.25) is 0 Å². The Kier molecular flexibility index (Phi) is 3.99. The number of thiocarbonyl (C=S) groups is 1. The van der Waals surface area contributed by atoms with Crippen molar-refractivity contribution in [3.63, 3.8) is 0 Å². The molecular weight excluding hydrogens is 281 g/mol. The lowest BCUT2D eigenvalue weighted by Gasteiger charge is -2.29. The van der Waals surface area contributed by atoms with Gasteiger partial charge in [-0.1, -0.05) is 18.3 Å².